The molecule has 2 N–H and O–H groups in total. The van der Waals surface area contributed by atoms with Crippen molar-refractivity contribution in [1.82, 2.24) is 10.6 Å². The van der Waals surface area contributed by atoms with Gasteiger partial charge in [0.15, 0.2) is 0 Å². The molecular weight excluding hydrogens is 362 g/mol. The molecule has 0 aliphatic carbocycles. The van der Waals surface area contributed by atoms with Crippen molar-refractivity contribution in [1.29, 1.82) is 0 Å². The Kier molecular flexibility index (Phi) is 8.71. The number of hydrogen-bond donors (Lipinski definition) is 2. The Balaban J connectivity index is 1.89. The summed E-state index contributed by atoms with van der Waals surface area (Å²) in [5.74, 6) is -0.0328. The van der Waals surface area contributed by atoms with Gasteiger partial charge in [-0.3, -0.25) is 9.59 Å². The van der Waals surface area contributed by atoms with E-state index in [-0.39, 0.29) is 17.7 Å². The van der Waals surface area contributed by atoms with E-state index in [4.69, 9.17) is 0 Å². The summed E-state index contributed by atoms with van der Waals surface area (Å²) in [6, 6.07) is 17.2. The summed E-state index contributed by atoms with van der Waals surface area (Å²) >= 11 is 0. The highest BCUT2D eigenvalue weighted by atomic mass is 16.2. The Hall–Kier alpha value is -2.82. The molecule has 0 spiro atoms. The summed E-state index contributed by atoms with van der Waals surface area (Å²) in [4.78, 5) is 27.1. The Labute approximate surface area is 174 Å². The number of anilines is 1. The molecule has 2 aromatic carbocycles. The summed E-state index contributed by atoms with van der Waals surface area (Å²) in [6.45, 7) is 4.54. The van der Waals surface area contributed by atoms with Crippen molar-refractivity contribution >= 4 is 17.5 Å². The standard InChI is InChI=1S/C24H33N3O2/c1-18(2)17-22(28)26-23(20-10-6-5-7-11-20)24(29)25-16-8-9-19-12-14-21(15-13-19)27(3)4/h5-7,10-15,18,23H,8-9,16-17H2,1-4H3,(H,25,29)(H,26,28). The zero-order chi connectivity index (χ0) is 21.2. The highest BCUT2D eigenvalue weighted by Crippen LogP contribution is 2.15. The van der Waals surface area contributed by atoms with Crippen LogP contribution in [0.1, 0.15) is 43.9 Å². The highest BCUT2D eigenvalue weighted by molar-refractivity contribution is 5.88. The Morgan fingerprint density at radius 1 is 0.966 bits per heavy atom. The van der Waals surface area contributed by atoms with Crippen molar-refractivity contribution in [3.8, 4) is 0 Å². The lowest BCUT2D eigenvalue weighted by molar-refractivity contribution is -0.129. The van der Waals surface area contributed by atoms with E-state index in [1.165, 1.54) is 11.3 Å². The molecule has 0 fully saturated rings. The number of benzene rings is 2. The summed E-state index contributed by atoms with van der Waals surface area (Å²) in [5.41, 5.74) is 3.21. The fraction of sp³-hybridized carbons (Fsp3) is 0.417. The second-order valence-electron chi connectivity index (χ2n) is 7.96. The first-order chi connectivity index (χ1) is 13.9. The van der Waals surface area contributed by atoms with E-state index < -0.39 is 6.04 Å². The van der Waals surface area contributed by atoms with Crippen LogP contribution in [-0.2, 0) is 16.0 Å². The van der Waals surface area contributed by atoms with Crippen LogP contribution >= 0.6 is 0 Å². The predicted molar refractivity (Wildman–Crippen MR) is 119 cm³/mol. The largest absolute Gasteiger partial charge is 0.378 e. The van der Waals surface area contributed by atoms with E-state index in [1.807, 2.05) is 58.3 Å². The summed E-state index contributed by atoms with van der Waals surface area (Å²) in [5, 5.41) is 5.86. The lowest BCUT2D eigenvalue weighted by atomic mass is 10.0. The summed E-state index contributed by atoms with van der Waals surface area (Å²) in [7, 11) is 4.04. The number of carbonyl (C=O) groups excluding carboxylic acids is 2. The number of nitrogens with zero attached hydrogens (tertiary/aromatic N) is 1. The smallest absolute Gasteiger partial charge is 0.247 e. The van der Waals surface area contributed by atoms with Crippen molar-refractivity contribution < 1.29 is 9.59 Å². The van der Waals surface area contributed by atoms with Crippen molar-refractivity contribution in [2.45, 2.75) is 39.2 Å². The van der Waals surface area contributed by atoms with Gasteiger partial charge in [-0.15, -0.1) is 0 Å². The molecule has 2 aromatic rings. The summed E-state index contributed by atoms with van der Waals surface area (Å²) < 4.78 is 0. The van der Waals surface area contributed by atoms with E-state index in [0.29, 0.717) is 13.0 Å². The molecule has 0 saturated carbocycles. The van der Waals surface area contributed by atoms with Crippen LogP contribution in [0, 0.1) is 5.92 Å². The van der Waals surface area contributed by atoms with Crippen LogP contribution in [0.4, 0.5) is 5.69 Å². The van der Waals surface area contributed by atoms with Crippen LogP contribution in [0.2, 0.25) is 0 Å². The number of amides is 2. The van der Waals surface area contributed by atoms with E-state index >= 15 is 0 Å². The monoisotopic (exact) mass is 395 g/mol. The van der Waals surface area contributed by atoms with E-state index in [1.54, 1.807) is 0 Å². The van der Waals surface area contributed by atoms with E-state index in [0.717, 1.165) is 18.4 Å². The minimum atomic E-state index is -0.665. The first kappa shape index (κ1) is 22.5. The lowest BCUT2D eigenvalue weighted by Gasteiger charge is -2.19. The van der Waals surface area contributed by atoms with Crippen LogP contribution < -0.4 is 15.5 Å². The average molecular weight is 396 g/mol. The molecule has 2 rings (SSSR count). The Bertz CT molecular complexity index is 770. The maximum atomic E-state index is 12.8. The fourth-order valence-corrected chi connectivity index (χ4v) is 3.10. The number of rotatable bonds is 10. The van der Waals surface area contributed by atoms with E-state index in [2.05, 4.69) is 39.8 Å². The van der Waals surface area contributed by atoms with Gasteiger partial charge in [0.25, 0.3) is 0 Å². The zero-order valence-corrected chi connectivity index (χ0v) is 17.9. The van der Waals surface area contributed by atoms with Gasteiger partial charge in [-0.2, -0.15) is 0 Å². The number of carbonyl (C=O) groups is 2. The van der Waals surface area contributed by atoms with E-state index in [9.17, 15) is 9.59 Å². The van der Waals surface area contributed by atoms with Gasteiger partial charge in [0.2, 0.25) is 11.8 Å². The minimum absolute atomic E-state index is 0.106. The maximum Gasteiger partial charge on any atom is 0.247 e. The Morgan fingerprint density at radius 2 is 1.62 bits per heavy atom. The topological polar surface area (TPSA) is 61.4 Å². The number of aryl methyl sites for hydroxylation is 1. The van der Waals surface area contributed by atoms with Crippen LogP contribution in [0.25, 0.3) is 0 Å². The molecule has 0 heterocycles. The summed E-state index contributed by atoms with van der Waals surface area (Å²) in [6.07, 6.45) is 2.14. The molecule has 29 heavy (non-hydrogen) atoms. The van der Waals surface area contributed by atoms with Crippen molar-refractivity contribution in [3.05, 3.63) is 65.7 Å². The number of hydrogen-bond acceptors (Lipinski definition) is 3. The molecule has 5 heteroatoms. The quantitative estimate of drug-likeness (QED) is 0.603. The van der Waals surface area contributed by atoms with Crippen LogP contribution in [-0.4, -0.2) is 32.5 Å². The van der Waals surface area contributed by atoms with Gasteiger partial charge in [0, 0.05) is 32.7 Å². The van der Waals surface area contributed by atoms with Crippen molar-refractivity contribution in [2.75, 3.05) is 25.5 Å². The molecule has 5 nitrogen and oxygen atoms in total. The minimum Gasteiger partial charge on any atom is -0.378 e. The average Bonchev–Trinajstić information content (AvgIpc) is 2.69. The second-order valence-corrected chi connectivity index (χ2v) is 7.96. The molecule has 1 atom stereocenters. The Morgan fingerprint density at radius 3 is 2.21 bits per heavy atom. The van der Waals surface area contributed by atoms with Gasteiger partial charge in [0.1, 0.15) is 6.04 Å². The van der Waals surface area contributed by atoms with Gasteiger partial charge in [-0.05, 0) is 42.0 Å². The zero-order valence-electron chi connectivity index (χ0n) is 17.9. The molecule has 0 aliphatic heterocycles. The number of nitrogens with one attached hydrogen (secondary N) is 2. The van der Waals surface area contributed by atoms with Gasteiger partial charge in [0.05, 0.1) is 0 Å². The molecule has 0 saturated heterocycles. The maximum absolute atomic E-state index is 12.8. The van der Waals surface area contributed by atoms with Crippen molar-refractivity contribution in [2.24, 2.45) is 5.92 Å². The molecular formula is C24H33N3O2. The third kappa shape index (κ3) is 7.60. The SMILES string of the molecule is CC(C)CC(=O)NC(C(=O)NCCCc1ccc(N(C)C)cc1)c1ccccc1. The van der Waals surface area contributed by atoms with Crippen LogP contribution in [0.3, 0.4) is 0 Å². The van der Waals surface area contributed by atoms with Crippen molar-refractivity contribution in [3.63, 3.8) is 0 Å². The van der Waals surface area contributed by atoms with Gasteiger partial charge < -0.3 is 15.5 Å². The van der Waals surface area contributed by atoms with Gasteiger partial charge in [-0.25, -0.2) is 0 Å². The van der Waals surface area contributed by atoms with Crippen LogP contribution in [0.5, 0.6) is 0 Å². The third-order valence-corrected chi connectivity index (χ3v) is 4.69. The third-order valence-electron chi connectivity index (χ3n) is 4.69. The van der Waals surface area contributed by atoms with Gasteiger partial charge in [-0.1, -0.05) is 56.3 Å². The molecule has 0 bridgehead atoms. The molecule has 156 valence electrons. The second kappa shape index (κ2) is 11.2. The molecule has 0 aromatic heterocycles. The predicted octanol–water partition coefficient (Wildman–Crippen LogP) is 3.71. The highest BCUT2D eigenvalue weighted by Gasteiger charge is 2.22. The lowest BCUT2D eigenvalue weighted by Crippen LogP contribution is -2.41. The normalized spacial score (nSPS) is 11.8. The molecule has 1 unspecified atom stereocenters. The first-order valence-corrected chi connectivity index (χ1v) is 10.2. The van der Waals surface area contributed by atoms with Crippen LogP contribution in [0.15, 0.2) is 54.6 Å². The van der Waals surface area contributed by atoms with Gasteiger partial charge >= 0.3 is 0 Å². The molecule has 0 radical (unpaired) electrons. The first-order valence-electron chi connectivity index (χ1n) is 10.2. The molecule has 2 amide bonds. The fourth-order valence-electron chi connectivity index (χ4n) is 3.10. The molecule has 0 aliphatic rings.